The fraction of sp³-hybridized carbons (Fsp3) is 0.807. The van der Waals surface area contributed by atoms with Crippen LogP contribution in [0.25, 0.3) is 0 Å². The molecule has 71 heavy (non-hydrogen) atoms. The minimum atomic E-state index is -1.09. The third-order valence-electron chi connectivity index (χ3n) is 12.8. The van der Waals surface area contributed by atoms with Gasteiger partial charge < -0.3 is 28.4 Å². The van der Waals surface area contributed by atoms with Gasteiger partial charge in [0.15, 0.2) is 0 Å². The number of hydrogen-bond acceptors (Lipinski definition) is 13. The lowest BCUT2D eigenvalue weighted by Crippen LogP contribution is -2.27. The van der Waals surface area contributed by atoms with E-state index >= 15 is 0 Å². The van der Waals surface area contributed by atoms with E-state index in [2.05, 4.69) is 27.7 Å². The Balaban J connectivity index is 2.67. The van der Waals surface area contributed by atoms with Gasteiger partial charge in [-0.1, -0.05) is 156 Å². The van der Waals surface area contributed by atoms with E-state index in [4.69, 9.17) is 28.4 Å². The van der Waals surface area contributed by atoms with Crippen molar-refractivity contribution in [1.82, 2.24) is 0 Å². The topological polar surface area (TPSA) is 184 Å². The Hall–Kier alpha value is -4.23. The fourth-order valence-electron chi connectivity index (χ4n) is 8.36. The van der Waals surface area contributed by atoms with Crippen molar-refractivity contribution in [1.29, 1.82) is 0 Å². The fourth-order valence-corrected chi connectivity index (χ4v) is 8.36. The molecule has 0 aliphatic heterocycles. The Labute approximate surface area is 428 Å². The minimum absolute atomic E-state index is 0.0278. The molecule has 0 radical (unpaired) electrons. The van der Waals surface area contributed by atoms with E-state index in [1.165, 1.54) is 127 Å². The molecular weight excluding hydrogens is 907 g/mol. The number of esters is 4. The number of ether oxygens (including phenoxy) is 6. The maximum atomic E-state index is 12.9. The van der Waals surface area contributed by atoms with Crippen molar-refractivity contribution >= 4 is 35.7 Å². The first-order valence-electron chi connectivity index (χ1n) is 28.3. The summed E-state index contributed by atoms with van der Waals surface area (Å²) in [6.07, 6.45) is 32.9. The third-order valence-corrected chi connectivity index (χ3v) is 12.8. The van der Waals surface area contributed by atoms with E-state index in [1.807, 2.05) is 0 Å². The molecule has 0 unspecified atom stereocenters. The monoisotopic (exact) mass is 1000 g/mol. The molecule has 1 rings (SSSR count). The second kappa shape index (κ2) is 45.6. The number of carbonyl (C=O) groups is 5. The second-order valence-corrected chi connectivity index (χ2v) is 19.5. The van der Waals surface area contributed by atoms with Gasteiger partial charge in [-0.15, -0.1) is 0 Å². The summed E-state index contributed by atoms with van der Waals surface area (Å²) >= 11 is 0. The highest BCUT2D eigenvalue weighted by Crippen LogP contribution is 2.21. The summed E-state index contributed by atoms with van der Waals surface area (Å²) in [6, 6.07) is 4.90. The summed E-state index contributed by atoms with van der Waals surface area (Å²) in [5.41, 5.74) is -0.174. The molecule has 0 amide bonds. The lowest BCUT2D eigenvalue weighted by Gasteiger charge is -2.18. The lowest BCUT2D eigenvalue weighted by atomic mass is 10.0. The van der Waals surface area contributed by atoms with Crippen LogP contribution in [0.3, 0.4) is 0 Å². The standard InChI is InChI=1S/C57H97NO13/c1-5-9-13-17-21-25-33-50(34-26-22-18-14-10-6-2)69-55(61)39-31-29-37-53(59)66-45-48(47-68-57(63)71-52-43-41-49(42-44-52)58(64)65)46-67-54(60)38-30-32-40-56(62)70-51(35-27-23-19-15-11-7-3)36-28-24-20-16-12-8-4/h41-44,48,50-51H,5-40,45-47H2,1-4H3. The van der Waals surface area contributed by atoms with Gasteiger partial charge in [0.1, 0.15) is 37.8 Å². The number of carbonyl (C=O) groups excluding carboxylic acids is 5. The number of benzene rings is 1. The van der Waals surface area contributed by atoms with Gasteiger partial charge in [0.05, 0.1) is 10.8 Å². The molecule has 14 heteroatoms. The van der Waals surface area contributed by atoms with Gasteiger partial charge in [0, 0.05) is 37.8 Å². The van der Waals surface area contributed by atoms with Crippen LogP contribution in [0.4, 0.5) is 10.5 Å². The molecule has 1 aromatic rings. The first-order chi connectivity index (χ1) is 34.5. The van der Waals surface area contributed by atoms with Crippen LogP contribution in [0.5, 0.6) is 5.75 Å². The molecule has 0 N–H and O–H groups in total. The van der Waals surface area contributed by atoms with E-state index < -0.39 is 28.9 Å². The molecule has 14 nitrogen and oxygen atoms in total. The van der Waals surface area contributed by atoms with E-state index in [9.17, 15) is 34.1 Å². The molecular formula is C57H97NO13. The van der Waals surface area contributed by atoms with E-state index in [0.29, 0.717) is 25.7 Å². The zero-order valence-electron chi connectivity index (χ0n) is 44.9. The molecule has 0 fully saturated rings. The van der Waals surface area contributed by atoms with Crippen LogP contribution >= 0.6 is 0 Å². The zero-order valence-corrected chi connectivity index (χ0v) is 44.9. The van der Waals surface area contributed by atoms with Crippen LogP contribution in [0, 0.1) is 16.0 Å². The summed E-state index contributed by atoms with van der Waals surface area (Å²) in [7, 11) is 0. The normalized spacial score (nSPS) is 11.3. The number of nitro benzene ring substituents is 1. The van der Waals surface area contributed by atoms with Gasteiger partial charge >= 0.3 is 30.0 Å². The summed E-state index contributed by atoms with van der Waals surface area (Å²) in [6.45, 7) is 8.07. The average molecular weight is 1000 g/mol. The van der Waals surface area contributed by atoms with Gasteiger partial charge in [-0.25, -0.2) is 4.79 Å². The predicted molar refractivity (Wildman–Crippen MR) is 279 cm³/mol. The lowest BCUT2D eigenvalue weighted by molar-refractivity contribution is -0.384. The maximum Gasteiger partial charge on any atom is 0.513 e. The molecule has 0 saturated heterocycles. The van der Waals surface area contributed by atoms with E-state index in [-0.39, 0.29) is 81.1 Å². The van der Waals surface area contributed by atoms with E-state index in [1.54, 1.807) is 0 Å². The van der Waals surface area contributed by atoms with Crippen LogP contribution in [-0.2, 0) is 42.9 Å². The first kappa shape index (κ1) is 64.8. The number of nitro groups is 1. The Morgan fingerprint density at radius 2 is 0.732 bits per heavy atom. The van der Waals surface area contributed by atoms with Crippen LogP contribution in [0.1, 0.15) is 259 Å². The molecule has 0 atom stereocenters. The number of unbranched alkanes of at least 4 members (excludes halogenated alkanes) is 22. The second-order valence-electron chi connectivity index (χ2n) is 19.5. The van der Waals surface area contributed by atoms with Gasteiger partial charge in [0.25, 0.3) is 5.69 Å². The molecule has 0 bridgehead atoms. The Morgan fingerprint density at radius 3 is 1.07 bits per heavy atom. The Morgan fingerprint density at radius 1 is 0.423 bits per heavy atom. The summed E-state index contributed by atoms with van der Waals surface area (Å²) in [5, 5.41) is 11.0. The zero-order chi connectivity index (χ0) is 52.0. The molecule has 0 spiro atoms. The van der Waals surface area contributed by atoms with Gasteiger partial charge in [-0.2, -0.15) is 0 Å². The largest absolute Gasteiger partial charge is 0.513 e. The van der Waals surface area contributed by atoms with Crippen molar-refractivity contribution in [3.8, 4) is 5.75 Å². The summed E-state index contributed by atoms with van der Waals surface area (Å²) < 4.78 is 33.3. The molecule has 0 aliphatic carbocycles. The number of rotatable bonds is 48. The molecule has 0 aromatic heterocycles. The van der Waals surface area contributed by atoms with E-state index in [0.717, 1.165) is 77.0 Å². The minimum Gasteiger partial charge on any atom is -0.465 e. The molecule has 0 heterocycles. The Bertz CT molecular complexity index is 1410. The molecule has 0 aliphatic rings. The molecule has 1 aromatic carbocycles. The summed E-state index contributed by atoms with van der Waals surface area (Å²) in [4.78, 5) is 74.3. The van der Waals surface area contributed by atoms with Crippen LogP contribution in [0.15, 0.2) is 24.3 Å². The SMILES string of the molecule is CCCCCCCCC(CCCCCCCC)OC(=O)CCCCC(=O)OCC(COC(=O)CCCCC(=O)OC(CCCCCCCC)CCCCCCCC)COC(=O)Oc1ccc([N+](=O)[O-])cc1. The quantitative estimate of drug-likeness (QED) is 0.0150. The first-order valence-corrected chi connectivity index (χ1v) is 28.3. The van der Waals surface area contributed by atoms with Crippen LogP contribution < -0.4 is 4.74 Å². The number of nitrogens with zero attached hydrogens (tertiary/aromatic N) is 1. The van der Waals surface area contributed by atoms with Crippen molar-refractivity contribution < 1.29 is 57.3 Å². The highest BCUT2D eigenvalue weighted by atomic mass is 16.7. The maximum absolute atomic E-state index is 12.9. The van der Waals surface area contributed by atoms with Crippen LogP contribution in [0.2, 0.25) is 0 Å². The highest BCUT2D eigenvalue weighted by molar-refractivity contribution is 5.71. The number of non-ortho nitro benzene ring substituents is 1. The highest BCUT2D eigenvalue weighted by Gasteiger charge is 2.21. The smallest absolute Gasteiger partial charge is 0.465 e. The third kappa shape index (κ3) is 39.0. The summed E-state index contributed by atoms with van der Waals surface area (Å²) in [5.74, 6) is -2.22. The Kier molecular flexibility index (Phi) is 41.6. The van der Waals surface area contributed by atoms with Gasteiger partial charge in [0.2, 0.25) is 0 Å². The van der Waals surface area contributed by atoms with Crippen molar-refractivity contribution in [3.63, 3.8) is 0 Å². The predicted octanol–water partition coefficient (Wildman–Crippen LogP) is 15.8. The van der Waals surface area contributed by atoms with Gasteiger partial charge in [-0.3, -0.25) is 29.3 Å². The van der Waals surface area contributed by atoms with Crippen LogP contribution in [-0.4, -0.2) is 67.0 Å². The van der Waals surface area contributed by atoms with Crippen molar-refractivity contribution in [3.05, 3.63) is 34.4 Å². The van der Waals surface area contributed by atoms with Crippen molar-refractivity contribution in [2.45, 2.75) is 271 Å². The van der Waals surface area contributed by atoms with Crippen molar-refractivity contribution in [2.24, 2.45) is 5.92 Å². The number of hydrogen-bond donors (Lipinski definition) is 0. The molecule has 408 valence electrons. The average Bonchev–Trinajstić information content (AvgIpc) is 3.35. The molecule has 0 saturated carbocycles. The van der Waals surface area contributed by atoms with Gasteiger partial charge in [-0.05, 0) is 89.2 Å². The van der Waals surface area contributed by atoms with Crippen molar-refractivity contribution in [2.75, 3.05) is 19.8 Å².